The zero-order valence-electron chi connectivity index (χ0n) is 8.96. The van der Waals surface area contributed by atoms with Crippen LogP contribution in [0.2, 0.25) is 0 Å². The molecule has 0 fully saturated rings. The maximum Gasteiger partial charge on any atom is 0.318 e. The molecule has 0 aliphatic rings. The summed E-state index contributed by atoms with van der Waals surface area (Å²) in [7, 11) is 0. The molecular formula is C9H17NO3S. The summed E-state index contributed by atoms with van der Waals surface area (Å²) >= 11 is 1.61. The molecule has 0 saturated heterocycles. The Bertz CT molecular complexity index is 228. The van der Waals surface area contributed by atoms with Crippen molar-refractivity contribution in [2.24, 2.45) is 5.41 Å². The molecule has 1 unspecified atom stereocenters. The lowest BCUT2D eigenvalue weighted by Gasteiger charge is -2.21. The van der Waals surface area contributed by atoms with Gasteiger partial charge in [-0.05, 0) is 27.0 Å². The van der Waals surface area contributed by atoms with Gasteiger partial charge in [0.15, 0.2) is 0 Å². The number of carboxylic acids is 1. The lowest BCUT2D eigenvalue weighted by atomic mass is 9.92. The van der Waals surface area contributed by atoms with E-state index < -0.39 is 17.3 Å². The molecular weight excluding hydrogens is 202 g/mol. The van der Waals surface area contributed by atoms with Crippen molar-refractivity contribution in [3.8, 4) is 0 Å². The minimum absolute atomic E-state index is 0.00359. The van der Waals surface area contributed by atoms with Crippen molar-refractivity contribution in [2.75, 3.05) is 12.0 Å². The fourth-order valence-corrected chi connectivity index (χ4v) is 1.38. The Hall–Kier alpha value is -0.710. The van der Waals surface area contributed by atoms with E-state index in [4.69, 9.17) is 5.11 Å². The van der Waals surface area contributed by atoms with E-state index in [9.17, 15) is 9.59 Å². The summed E-state index contributed by atoms with van der Waals surface area (Å²) in [6.45, 7) is 4.65. The van der Waals surface area contributed by atoms with E-state index in [1.54, 1.807) is 11.8 Å². The highest BCUT2D eigenvalue weighted by Crippen LogP contribution is 2.15. The van der Waals surface area contributed by atoms with Gasteiger partial charge in [-0.15, -0.1) is 0 Å². The SMILES string of the molecule is CSCC(C)NC(=O)C(C)(C)C(=O)O. The van der Waals surface area contributed by atoms with Crippen molar-refractivity contribution in [1.82, 2.24) is 5.32 Å². The molecule has 0 spiro atoms. The van der Waals surface area contributed by atoms with Crippen LogP contribution in [0.3, 0.4) is 0 Å². The van der Waals surface area contributed by atoms with E-state index in [1.807, 2.05) is 13.2 Å². The first-order chi connectivity index (χ1) is 6.32. The lowest BCUT2D eigenvalue weighted by Crippen LogP contribution is -2.46. The molecule has 2 N–H and O–H groups in total. The number of carboxylic acid groups (broad SMARTS) is 1. The zero-order chi connectivity index (χ0) is 11.4. The largest absolute Gasteiger partial charge is 0.480 e. The van der Waals surface area contributed by atoms with Gasteiger partial charge in [0, 0.05) is 11.8 Å². The Kier molecular flexibility index (Phi) is 4.97. The summed E-state index contributed by atoms with van der Waals surface area (Å²) in [5.41, 5.74) is -1.35. The summed E-state index contributed by atoms with van der Waals surface area (Å²) < 4.78 is 0. The number of thioether (sulfide) groups is 1. The first kappa shape index (κ1) is 13.3. The van der Waals surface area contributed by atoms with Crippen LogP contribution < -0.4 is 5.32 Å². The predicted molar refractivity (Wildman–Crippen MR) is 57.4 cm³/mol. The number of aliphatic carboxylic acids is 1. The second-order valence-corrected chi connectivity index (χ2v) is 4.67. The van der Waals surface area contributed by atoms with Crippen LogP contribution in [0.1, 0.15) is 20.8 Å². The second kappa shape index (κ2) is 5.24. The van der Waals surface area contributed by atoms with Gasteiger partial charge in [0.25, 0.3) is 0 Å². The predicted octanol–water partition coefficient (Wildman–Crippen LogP) is 0.965. The van der Waals surface area contributed by atoms with Crippen LogP contribution in [0.5, 0.6) is 0 Å². The average Bonchev–Trinajstić information content (AvgIpc) is 2.03. The summed E-state index contributed by atoms with van der Waals surface area (Å²) in [5, 5.41) is 11.5. The minimum atomic E-state index is -1.35. The normalized spacial score (nSPS) is 13.4. The lowest BCUT2D eigenvalue weighted by molar-refractivity contribution is -0.153. The smallest absolute Gasteiger partial charge is 0.318 e. The molecule has 82 valence electrons. The molecule has 0 aromatic rings. The maximum atomic E-state index is 11.5. The molecule has 14 heavy (non-hydrogen) atoms. The van der Waals surface area contributed by atoms with E-state index in [-0.39, 0.29) is 6.04 Å². The number of carbonyl (C=O) groups excluding carboxylic acids is 1. The second-order valence-electron chi connectivity index (χ2n) is 3.76. The Morgan fingerprint density at radius 3 is 2.36 bits per heavy atom. The monoisotopic (exact) mass is 219 g/mol. The molecule has 0 aromatic heterocycles. The topological polar surface area (TPSA) is 66.4 Å². The maximum absolute atomic E-state index is 11.5. The molecule has 0 aliphatic heterocycles. The van der Waals surface area contributed by atoms with Crippen LogP contribution in [-0.4, -0.2) is 35.0 Å². The Balaban J connectivity index is 4.27. The highest BCUT2D eigenvalue weighted by molar-refractivity contribution is 7.98. The van der Waals surface area contributed by atoms with Crippen molar-refractivity contribution < 1.29 is 14.7 Å². The number of nitrogens with one attached hydrogen (secondary N) is 1. The van der Waals surface area contributed by atoms with E-state index in [0.717, 1.165) is 5.75 Å². The van der Waals surface area contributed by atoms with Gasteiger partial charge in [-0.2, -0.15) is 11.8 Å². The summed E-state index contributed by atoms with van der Waals surface area (Å²) in [6, 6.07) is -0.00359. The van der Waals surface area contributed by atoms with Gasteiger partial charge < -0.3 is 10.4 Å². The molecule has 4 nitrogen and oxygen atoms in total. The highest BCUT2D eigenvalue weighted by atomic mass is 32.2. The highest BCUT2D eigenvalue weighted by Gasteiger charge is 2.36. The standard InChI is InChI=1S/C9H17NO3S/c1-6(5-14-4)10-7(11)9(2,3)8(12)13/h6H,5H2,1-4H3,(H,10,11)(H,12,13). The van der Waals surface area contributed by atoms with Crippen molar-refractivity contribution >= 4 is 23.6 Å². The van der Waals surface area contributed by atoms with Crippen molar-refractivity contribution in [1.29, 1.82) is 0 Å². The summed E-state index contributed by atoms with van der Waals surface area (Å²) in [5.74, 6) is -0.764. The molecule has 0 radical (unpaired) electrons. The van der Waals surface area contributed by atoms with E-state index in [0.29, 0.717) is 0 Å². The number of rotatable bonds is 5. The van der Waals surface area contributed by atoms with Gasteiger partial charge in [0.1, 0.15) is 5.41 Å². The molecule has 0 saturated carbocycles. The number of amides is 1. The average molecular weight is 219 g/mol. The van der Waals surface area contributed by atoms with Crippen LogP contribution in [0.4, 0.5) is 0 Å². The fourth-order valence-electron chi connectivity index (χ4n) is 0.793. The molecule has 0 aliphatic carbocycles. The van der Waals surface area contributed by atoms with Crippen molar-refractivity contribution in [3.63, 3.8) is 0 Å². The van der Waals surface area contributed by atoms with Gasteiger partial charge in [-0.1, -0.05) is 0 Å². The fraction of sp³-hybridized carbons (Fsp3) is 0.778. The Labute approximate surface area is 88.4 Å². The molecule has 1 atom stereocenters. The van der Waals surface area contributed by atoms with Crippen LogP contribution in [0, 0.1) is 5.41 Å². The first-order valence-corrected chi connectivity index (χ1v) is 5.75. The van der Waals surface area contributed by atoms with Crippen molar-refractivity contribution in [3.05, 3.63) is 0 Å². The molecule has 0 bridgehead atoms. The van der Waals surface area contributed by atoms with E-state index in [1.165, 1.54) is 13.8 Å². The first-order valence-electron chi connectivity index (χ1n) is 4.35. The van der Waals surface area contributed by atoms with Crippen LogP contribution in [0.25, 0.3) is 0 Å². The summed E-state index contributed by atoms with van der Waals surface area (Å²) in [6.07, 6.45) is 1.94. The molecule has 0 aromatic carbocycles. The van der Waals surface area contributed by atoms with Gasteiger partial charge in [0.2, 0.25) is 5.91 Å². The van der Waals surface area contributed by atoms with Gasteiger partial charge in [0.05, 0.1) is 0 Å². The molecule has 0 heterocycles. The van der Waals surface area contributed by atoms with E-state index >= 15 is 0 Å². The Morgan fingerprint density at radius 1 is 1.50 bits per heavy atom. The van der Waals surface area contributed by atoms with Crippen LogP contribution in [-0.2, 0) is 9.59 Å². The third-order valence-corrected chi connectivity index (χ3v) is 2.73. The van der Waals surface area contributed by atoms with E-state index in [2.05, 4.69) is 5.32 Å². The van der Waals surface area contributed by atoms with Crippen molar-refractivity contribution in [2.45, 2.75) is 26.8 Å². The quantitative estimate of drug-likeness (QED) is 0.676. The van der Waals surface area contributed by atoms with Gasteiger partial charge >= 0.3 is 5.97 Å². The van der Waals surface area contributed by atoms with Gasteiger partial charge in [-0.3, -0.25) is 9.59 Å². The molecule has 0 rings (SSSR count). The number of hydrogen-bond acceptors (Lipinski definition) is 3. The minimum Gasteiger partial charge on any atom is -0.480 e. The van der Waals surface area contributed by atoms with Gasteiger partial charge in [-0.25, -0.2) is 0 Å². The molecule has 5 heteroatoms. The zero-order valence-corrected chi connectivity index (χ0v) is 9.77. The number of hydrogen-bond donors (Lipinski definition) is 2. The summed E-state index contributed by atoms with van der Waals surface area (Å²) in [4.78, 5) is 22.2. The number of carbonyl (C=O) groups is 2. The third-order valence-electron chi connectivity index (χ3n) is 1.90. The third kappa shape index (κ3) is 3.57. The molecule has 1 amide bonds. The Morgan fingerprint density at radius 2 is 2.00 bits per heavy atom. The van der Waals surface area contributed by atoms with Crippen LogP contribution >= 0.6 is 11.8 Å². The van der Waals surface area contributed by atoms with Crippen LogP contribution in [0.15, 0.2) is 0 Å².